The quantitative estimate of drug-likeness (QED) is 0.920. The SMILES string of the molecule is Cn1ccc(COc2c(F)cccc2CNC(C)(C)C)n1. The highest BCUT2D eigenvalue weighted by Crippen LogP contribution is 2.24. The fraction of sp³-hybridized carbons (Fsp3) is 0.438. The molecule has 0 aliphatic rings. The third kappa shape index (κ3) is 4.56. The van der Waals surface area contributed by atoms with Crippen molar-refractivity contribution in [3.63, 3.8) is 0 Å². The molecule has 1 N–H and O–H groups in total. The molecule has 0 amide bonds. The van der Waals surface area contributed by atoms with E-state index in [9.17, 15) is 4.39 Å². The molecule has 0 bridgehead atoms. The molecule has 2 aromatic rings. The van der Waals surface area contributed by atoms with Gasteiger partial charge in [-0.2, -0.15) is 5.10 Å². The van der Waals surface area contributed by atoms with E-state index in [-0.39, 0.29) is 18.0 Å². The second-order valence-corrected chi connectivity index (χ2v) is 6.10. The Hall–Kier alpha value is -1.88. The van der Waals surface area contributed by atoms with E-state index in [4.69, 9.17) is 4.74 Å². The van der Waals surface area contributed by atoms with Crippen LogP contribution in [0, 0.1) is 5.82 Å². The molecule has 0 aliphatic carbocycles. The average Bonchev–Trinajstić information content (AvgIpc) is 2.80. The van der Waals surface area contributed by atoms with Gasteiger partial charge in [0.15, 0.2) is 11.6 Å². The van der Waals surface area contributed by atoms with Crippen LogP contribution >= 0.6 is 0 Å². The van der Waals surface area contributed by atoms with Crippen molar-refractivity contribution in [3.05, 3.63) is 47.5 Å². The van der Waals surface area contributed by atoms with E-state index < -0.39 is 0 Å². The molecule has 5 heteroatoms. The first kappa shape index (κ1) is 15.5. The second kappa shape index (κ2) is 6.26. The molecule has 114 valence electrons. The van der Waals surface area contributed by atoms with Crippen molar-refractivity contribution in [1.29, 1.82) is 0 Å². The maximum absolute atomic E-state index is 14.0. The lowest BCUT2D eigenvalue weighted by molar-refractivity contribution is 0.279. The van der Waals surface area contributed by atoms with E-state index in [0.717, 1.165) is 11.3 Å². The number of hydrogen-bond donors (Lipinski definition) is 1. The van der Waals surface area contributed by atoms with E-state index >= 15 is 0 Å². The molecule has 4 nitrogen and oxygen atoms in total. The second-order valence-electron chi connectivity index (χ2n) is 6.10. The summed E-state index contributed by atoms with van der Waals surface area (Å²) in [6.45, 7) is 7.02. The zero-order valence-corrected chi connectivity index (χ0v) is 13.0. The lowest BCUT2D eigenvalue weighted by Crippen LogP contribution is -2.35. The lowest BCUT2D eigenvalue weighted by Gasteiger charge is -2.21. The van der Waals surface area contributed by atoms with Gasteiger partial charge in [-0.05, 0) is 32.9 Å². The largest absolute Gasteiger partial charge is 0.484 e. The Balaban J connectivity index is 2.10. The Kier molecular flexibility index (Phi) is 4.63. The summed E-state index contributed by atoms with van der Waals surface area (Å²) in [4.78, 5) is 0. The first-order chi connectivity index (χ1) is 9.85. The number of benzene rings is 1. The Labute approximate surface area is 124 Å². The number of nitrogens with one attached hydrogen (secondary N) is 1. The smallest absolute Gasteiger partial charge is 0.165 e. The van der Waals surface area contributed by atoms with Gasteiger partial charge in [0.25, 0.3) is 0 Å². The van der Waals surface area contributed by atoms with Crippen molar-refractivity contribution >= 4 is 0 Å². The number of rotatable bonds is 5. The molecule has 0 fully saturated rings. The van der Waals surface area contributed by atoms with Gasteiger partial charge in [-0.3, -0.25) is 4.68 Å². The summed E-state index contributed by atoms with van der Waals surface area (Å²) < 4.78 is 21.3. The molecule has 0 saturated heterocycles. The fourth-order valence-corrected chi connectivity index (χ4v) is 1.90. The van der Waals surface area contributed by atoms with Crippen molar-refractivity contribution < 1.29 is 9.13 Å². The molecule has 0 radical (unpaired) electrons. The van der Waals surface area contributed by atoms with Crippen LogP contribution in [-0.4, -0.2) is 15.3 Å². The van der Waals surface area contributed by atoms with E-state index in [2.05, 4.69) is 31.2 Å². The fourth-order valence-electron chi connectivity index (χ4n) is 1.90. The van der Waals surface area contributed by atoms with Crippen LogP contribution in [0.1, 0.15) is 32.0 Å². The molecule has 0 spiro atoms. The number of aromatic nitrogens is 2. The van der Waals surface area contributed by atoms with E-state index in [1.807, 2.05) is 25.4 Å². The summed E-state index contributed by atoms with van der Waals surface area (Å²) in [5.41, 5.74) is 1.54. The zero-order chi connectivity index (χ0) is 15.5. The van der Waals surface area contributed by atoms with Crippen LogP contribution in [0.3, 0.4) is 0 Å². The maximum atomic E-state index is 14.0. The molecule has 0 atom stereocenters. The van der Waals surface area contributed by atoms with Gasteiger partial charge in [-0.1, -0.05) is 12.1 Å². The lowest BCUT2D eigenvalue weighted by atomic mass is 10.1. The third-order valence-corrected chi connectivity index (χ3v) is 2.99. The summed E-state index contributed by atoms with van der Waals surface area (Å²) in [5.74, 6) is -0.0564. The molecule has 0 unspecified atom stereocenters. The monoisotopic (exact) mass is 291 g/mol. The van der Waals surface area contributed by atoms with Gasteiger partial charge in [-0.15, -0.1) is 0 Å². The molecular formula is C16H22FN3O. The van der Waals surface area contributed by atoms with Gasteiger partial charge in [0.2, 0.25) is 0 Å². The molecule has 2 rings (SSSR count). The Morgan fingerprint density at radius 1 is 1.29 bits per heavy atom. The Bertz CT molecular complexity index is 602. The number of halogens is 1. The predicted molar refractivity (Wildman–Crippen MR) is 80.5 cm³/mol. The Morgan fingerprint density at radius 2 is 2.05 bits per heavy atom. The normalized spacial score (nSPS) is 11.7. The van der Waals surface area contributed by atoms with Crippen molar-refractivity contribution in [2.75, 3.05) is 0 Å². The number of ether oxygens (including phenoxy) is 1. The van der Waals surface area contributed by atoms with E-state index in [0.29, 0.717) is 12.3 Å². The average molecular weight is 291 g/mol. The maximum Gasteiger partial charge on any atom is 0.165 e. The number of nitrogens with zero attached hydrogens (tertiary/aromatic N) is 2. The first-order valence-corrected chi connectivity index (χ1v) is 6.99. The topological polar surface area (TPSA) is 39.1 Å². The van der Waals surface area contributed by atoms with Crippen molar-refractivity contribution in [1.82, 2.24) is 15.1 Å². The molecule has 0 saturated carbocycles. The van der Waals surface area contributed by atoms with Crippen LogP contribution in [0.15, 0.2) is 30.5 Å². The molecular weight excluding hydrogens is 269 g/mol. The van der Waals surface area contributed by atoms with Crippen LogP contribution in [-0.2, 0) is 20.2 Å². The highest BCUT2D eigenvalue weighted by molar-refractivity contribution is 5.35. The van der Waals surface area contributed by atoms with Crippen LogP contribution in [0.4, 0.5) is 4.39 Å². The number of aryl methyl sites for hydroxylation is 1. The third-order valence-electron chi connectivity index (χ3n) is 2.99. The Morgan fingerprint density at radius 3 is 2.67 bits per heavy atom. The van der Waals surface area contributed by atoms with Gasteiger partial charge in [0.05, 0.1) is 5.69 Å². The highest BCUT2D eigenvalue weighted by atomic mass is 19.1. The van der Waals surface area contributed by atoms with Gasteiger partial charge in [0, 0.05) is 30.9 Å². The van der Waals surface area contributed by atoms with E-state index in [1.54, 1.807) is 10.7 Å². The van der Waals surface area contributed by atoms with Crippen molar-refractivity contribution in [2.24, 2.45) is 7.05 Å². The molecule has 21 heavy (non-hydrogen) atoms. The standard InChI is InChI=1S/C16H22FN3O/c1-16(2,3)18-10-12-6-5-7-14(17)15(12)21-11-13-8-9-20(4)19-13/h5-9,18H,10-11H2,1-4H3. The summed E-state index contributed by atoms with van der Waals surface area (Å²) >= 11 is 0. The zero-order valence-electron chi connectivity index (χ0n) is 13.0. The highest BCUT2D eigenvalue weighted by Gasteiger charge is 2.14. The van der Waals surface area contributed by atoms with Gasteiger partial charge in [-0.25, -0.2) is 4.39 Å². The van der Waals surface area contributed by atoms with Crippen LogP contribution in [0.2, 0.25) is 0 Å². The number of hydrogen-bond acceptors (Lipinski definition) is 3. The summed E-state index contributed by atoms with van der Waals surface area (Å²) in [6, 6.07) is 6.83. The van der Waals surface area contributed by atoms with Crippen LogP contribution < -0.4 is 10.1 Å². The predicted octanol–water partition coefficient (Wildman–Crippen LogP) is 3.03. The van der Waals surface area contributed by atoms with Crippen LogP contribution in [0.25, 0.3) is 0 Å². The number of para-hydroxylation sites is 1. The minimum absolute atomic E-state index is 0.0371. The van der Waals surface area contributed by atoms with Crippen molar-refractivity contribution in [3.8, 4) is 5.75 Å². The molecule has 1 heterocycles. The van der Waals surface area contributed by atoms with E-state index in [1.165, 1.54) is 6.07 Å². The summed E-state index contributed by atoms with van der Waals surface area (Å²) in [6.07, 6.45) is 1.84. The van der Waals surface area contributed by atoms with Gasteiger partial charge >= 0.3 is 0 Å². The van der Waals surface area contributed by atoms with Gasteiger partial charge in [0.1, 0.15) is 6.61 Å². The minimum Gasteiger partial charge on any atom is -0.484 e. The summed E-state index contributed by atoms with van der Waals surface area (Å²) in [7, 11) is 1.84. The van der Waals surface area contributed by atoms with Crippen molar-refractivity contribution in [2.45, 2.75) is 39.5 Å². The summed E-state index contributed by atoms with van der Waals surface area (Å²) in [5, 5.41) is 7.57. The molecule has 0 aliphatic heterocycles. The van der Waals surface area contributed by atoms with Gasteiger partial charge < -0.3 is 10.1 Å². The first-order valence-electron chi connectivity index (χ1n) is 6.99. The molecule has 1 aromatic heterocycles. The molecule has 1 aromatic carbocycles. The minimum atomic E-state index is -0.348. The van der Waals surface area contributed by atoms with Crippen LogP contribution in [0.5, 0.6) is 5.75 Å².